The number of hydrogen-bond donors (Lipinski definition) is 0. The molecule has 0 heterocycles. The molecule has 0 atom stereocenters. The van der Waals surface area contributed by atoms with Crippen molar-refractivity contribution < 1.29 is 19.2 Å². The number of nitro benzene ring substituents is 1. The molecule has 0 aliphatic carbocycles. The summed E-state index contributed by atoms with van der Waals surface area (Å²) in [6.07, 6.45) is 0.796. The van der Waals surface area contributed by atoms with E-state index in [4.69, 9.17) is 9.47 Å². The van der Waals surface area contributed by atoms with Gasteiger partial charge in [0.1, 0.15) is 5.75 Å². The Morgan fingerprint density at radius 3 is 2.89 bits per heavy atom. The van der Waals surface area contributed by atoms with Crippen LogP contribution in [0, 0.1) is 10.1 Å². The monoisotopic (exact) mass is 253 g/mol. The van der Waals surface area contributed by atoms with Crippen molar-refractivity contribution in [3.8, 4) is 5.75 Å². The van der Waals surface area contributed by atoms with Gasteiger partial charge in [-0.3, -0.25) is 14.9 Å². The fraction of sp³-hybridized carbons (Fsp3) is 0.417. The molecule has 0 aliphatic rings. The number of hydrogen-bond acceptors (Lipinski definition) is 5. The average Bonchev–Trinajstić information content (AvgIpc) is 2.35. The highest BCUT2D eigenvalue weighted by molar-refractivity contribution is 5.69. The molecule has 1 aromatic carbocycles. The second-order valence-corrected chi connectivity index (χ2v) is 3.51. The normalized spacial score (nSPS) is 9.83. The summed E-state index contributed by atoms with van der Waals surface area (Å²) < 4.78 is 10.1. The Morgan fingerprint density at radius 1 is 1.44 bits per heavy atom. The van der Waals surface area contributed by atoms with Crippen LogP contribution in [0.25, 0.3) is 0 Å². The van der Waals surface area contributed by atoms with Crippen molar-refractivity contribution in [3.63, 3.8) is 0 Å². The number of rotatable bonds is 7. The highest BCUT2D eigenvalue weighted by Gasteiger charge is 2.06. The second kappa shape index (κ2) is 7.26. The maximum Gasteiger partial charge on any atom is 0.305 e. The fourth-order valence-electron chi connectivity index (χ4n) is 1.33. The van der Waals surface area contributed by atoms with Crippen LogP contribution >= 0.6 is 0 Å². The topological polar surface area (TPSA) is 78.7 Å². The van der Waals surface area contributed by atoms with Gasteiger partial charge in [0.15, 0.2) is 0 Å². The Morgan fingerprint density at radius 2 is 2.22 bits per heavy atom. The third kappa shape index (κ3) is 4.82. The molecule has 0 bridgehead atoms. The maximum atomic E-state index is 11.0. The van der Waals surface area contributed by atoms with Crippen LogP contribution in [-0.2, 0) is 9.53 Å². The van der Waals surface area contributed by atoms with Crippen LogP contribution in [0.3, 0.4) is 0 Å². The lowest BCUT2D eigenvalue weighted by Gasteiger charge is -2.05. The van der Waals surface area contributed by atoms with Gasteiger partial charge in [0, 0.05) is 12.5 Å². The Kier molecular flexibility index (Phi) is 5.63. The summed E-state index contributed by atoms with van der Waals surface area (Å²) in [5, 5.41) is 10.5. The van der Waals surface area contributed by atoms with Crippen LogP contribution in [0.4, 0.5) is 5.69 Å². The second-order valence-electron chi connectivity index (χ2n) is 3.51. The Bertz CT molecular complexity index is 419. The van der Waals surface area contributed by atoms with Crippen LogP contribution in [0.1, 0.15) is 19.8 Å². The average molecular weight is 253 g/mol. The zero-order valence-electron chi connectivity index (χ0n) is 10.1. The Labute approximate surface area is 105 Å². The summed E-state index contributed by atoms with van der Waals surface area (Å²) in [5.41, 5.74) is -0.0158. The SMILES string of the molecule is CCOC(=O)CCCOc1cccc([N+](=O)[O-])c1. The summed E-state index contributed by atoms with van der Waals surface area (Å²) in [6, 6.07) is 5.94. The largest absolute Gasteiger partial charge is 0.493 e. The number of non-ortho nitro benzene ring substituents is 1. The van der Waals surface area contributed by atoms with E-state index in [0.29, 0.717) is 25.4 Å². The number of carbonyl (C=O) groups is 1. The Balaban J connectivity index is 2.33. The standard InChI is InChI=1S/C12H15NO5/c1-2-17-12(14)7-4-8-18-11-6-3-5-10(9-11)13(15)16/h3,5-6,9H,2,4,7-8H2,1H3. The van der Waals surface area contributed by atoms with Crippen LogP contribution in [-0.4, -0.2) is 24.1 Å². The maximum absolute atomic E-state index is 11.0. The lowest BCUT2D eigenvalue weighted by molar-refractivity contribution is -0.384. The Hall–Kier alpha value is -2.11. The molecule has 6 nitrogen and oxygen atoms in total. The first kappa shape index (κ1) is 14.0. The van der Waals surface area contributed by atoms with Gasteiger partial charge < -0.3 is 9.47 Å². The van der Waals surface area contributed by atoms with E-state index in [1.54, 1.807) is 19.1 Å². The van der Waals surface area contributed by atoms with Crippen molar-refractivity contribution in [2.45, 2.75) is 19.8 Å². The molecule has 0 spiro atoms. The summed E-state index contributed by atoms with van der Waals surface area (Å²) >= 11 is 0. The van der Waals surface area contributed by atoms with E-state index in [2.05, 4.69) is 0 Å². The number of esters is 1. The molecule has 0 fully saturated rings. The molecule has 0 amide bonds. The van der Waals surface area contributed by atoms with E-state index in [-0.39, 0.29) is 18.1 Å². The van der Waals surface area contributed by atoms with Gasteiger partial charge in [-0.1, -0.05) is 6.07 Å². The molecular weight excluding hydrogens is 238 g/mol. The summed E-state index contributed by atoms with van der Waals surface area (Å²) in [4.78, 5) is 21.1. The van der Waals surface area contributed by atoms with Crippen LogP contribution in [0.5, 0.6) is 5.75 Å². The van der Waals surface area contributed by atoms with Gasteiger partial charge >= 0.3 is 5.97 Å². The minimum Gasteiger partial charge on any atom is -0.493 e. The van der Waals surface area contributed by atoms with Crippen LogP contribution in [0.2, 0.25) is 0 Å². The van der Waals surface area contributed by atoms with Gasteiger partial charge in [-0.25, -0.2) is 0 Å². The first-order chi connectivity index (χ1) is 8.63. The van der Waals surface area contributed by atoms with Gasteiger partial charge in [0.2, 0.25) is 0 Å². The van der Waals surface area contributed by atoms with Crippen LogP contribution < -0.4 is 4.74 Å². The van der Waals surface area contributed by atoms with E-state index >= 15 is 0 Å². The van der Waals surface area contributed by atoms with E-state index < -0.39 is 4.92 Å². The molecule has 0 saturated heterocycles. The molecule has 1 aromatic rings. The summed E-state index contributed by atoms with van der Waals surface area (Å²) in [7, 11) is 0. The minimum absolute atomic E-state index is 0.0158. The van der Waals surface area contributed by atoms with Crippen molar-refractivity contribution in [2.75, 3.05) is 13.2 Å². The third-order valence-corrected chi connectivity index (χ3v) is 2.13. The smallest absolute Gasteiger partial charge is 0.305 e. The minimum atomic E-state index is -0.481. The van der Waals surface area contributed by atoms with E-state index in [1.807, 2.05) is 0 Å². The van der Waals surface area contributed by atoms with Crippen molar-refractivity contribution >= 4 is 11.7 Å². The van der Waals surface area contributed by atoms with E-state index in [0.717, 1.165) is 0 Å². The quantitative estimate of drug-likeness (QED) is 0.322. The van der Waals surface area contributed by atoms with Gasteiger partial charge in [-0.15, -0.1) is 0 Å². The van der Waals surface area contributed by atoms with Crippen molar-refractivity contribution in [1.29, 1.82) is 0 Å². The number of nitrogens with zero attached hydrogens (tertiary/aromatic N) is 1. The summed E-state index contributed by atoms with van der Waals surface area (Å²) in [5.74, 6) is 0.160. The first-order valence-corrected chi connectivity index (χ1v) is 5.66. The lowest BCUT2D eigenvalue weighted by Crippen LogP contribution is -2.06. The van der Waals surface area contributed by atoms with E-state index in [9.17, 15) is 14.9 Å². The molecule has 98 valence electrons. The molecule has 0 saturated carbocycles. The molecule has 0 radical (unpaired) electrons. The number of benzene rings is 1. The fourth-order valence-corrected chi connectivity index (χ4v) is 1.33. The van der Waals surface area contributed by atoms with Gasteiger partial charge in [-0.05, 0) is 19.4 Å². The zero-order chi connectivity index (χ0) is 13.4. The summed E-state index contributed by atoms with van der Waals surface area (Å²) in [6.45, 7) is 2.43. The molecule has 0 aliphatic heterocycles. The highest BCUT2D eigenvalue weighted by atomic mass is 16.6. The molecule has 18 heavy (non-hydrogen) atoms. The number of ether oxygens (including phenoxy) is 2. The zero-order valence-corrected chi connectivity index (χ0v) is 10.1. The van der Waals surface area contributed by atoms with Gasteiger partial charge in [0.25, 0.3) is 5.69 Å². The molecular formula is C12H15NO5. The first-order valence-electron chi connectivity index (χ1n) is 5.66. The van der Waals surface area contributed by atoms with Crippen molar-refractivity contribution in [2.24, 2.45) is 0 Å². The predicted molar refractivity (Wildman–Crippen MR) is 64.5 cm³/mol. The van der Waals surface area contributed by atoms with Gasteiger partial charge in [-0.2, -0.15) is 0 Å². The number of nitro groups is 1. The molecule has 0 aromatic heterocycles. The molecule has 0 unspecified atom stereocenters. The van der Waals surface area contributed by atoms with Crippen LogP contribution in [0.15, 0.2) is 24.3 Å². The third-order valence-electron chi connectivity index (χ3n) is 2.13. The van der Waals surface area contributed by atoms with Crippen molar-refractivity contribution in [3.05, 3.63) is 34.4 Å². The lowest BCUT2D eigenvalue weighted by atomic mass is 10.3. The molecule has 0 N–H and O–H groups in total. The molecule has 1 rings (SSSR count). The van der Waals surface area contributed by atoms with Gasteiger partial charge in [0.05, 0.1) is 24.2 Å². The van der Waals surface area contributed by atoms with E-state index in [1.165, 1.54) is 12.1 Å². The molecule has 6 heteroatoms. The number of carbonyl (C=O) groups excluding carboxylic acids is 1. The highest BCUT2D eigenvalue weighted by Crippen LogP contribution is 2.19. The predicted octanol–water partition coefficient (Wildman–Crippen LogP) is 2.32. The van der Waals surface area contributed by atoms with Crippen molar-refractivity contribution in [1.82, 2.24) is 0 Å².